The molecule has 0 fully saturated rings. The first-order chi connectivity index (χ1) is 15.9. The zero-order valence-electron chi connectivity index (χ0n) is 18.0. The number of nitrogens with two attached hydrogens (primary N) is 1. The summed E-state index contributed by atoms with van der Waals surface area (Å²) in [6.45, 7) is -0.0347. The monoisotopic (exact) mass is 474 g/mol. The van der Waals surface area contributed by atoms with Crippen molar-refractivity contribution in [2.24, 2.45) is 5.73 Å². The zero-order valence-corrected chi connectivity index (χ0v) is 18.7. The lowest BCUT2D eigenvalue weighted by Crippen LogP contribution is -2.45. The second kappa shape index (κ2) is 11.4. The number of carbonyl (C=O) groups excluding carboxylic acids is 2. The topological polar surface area (TPSA) is 111 Å². The Morgan fingerprint density at radius 1 is 1.24 bits per heavy atom. The lowest BCUT2D eigenvalue weighted by molar-refractivity contribution is -0.132. The first-order valence-electron chi connectivity index (χ1n) is 10.2. The molecule has 3 rings (SSSR count). The summed E-state index contributed by atoms with van der Waals surface area (Å²) in [7, 11) is 1.57. The molecule has 2 amide bonds. The van der Waals surface area contributed by atoms with Crippen LogP contribution in [0.15, 0.2) is 59.1 Å². The molecule has 10 heteroatoms. The average molecular weight is 475 g/mol. The molecule has 2 aromatic carbocycles. The van der Waals surface area contributed by atoms with Crippen LogP contribution in [0.4, 0.5) is 15.0 Å². The van der Waals surface area contributed by atoms with Crippen LogP contribution >= 0.6 is 11.6 Å². The Morgan fingerprint density at radius 2 is 2.00 bits per heavy atom. The predicted octanol–water partition coefficient (Wildman–Crippen LogP) is 4.10. The van der Waals surface area contributed by atoms with Crippen LogP contribution in [0.3, 0.4) is 0 Å². The Hall–Kier alpha value is -3.43. The van der Waals surface area contributed by atoms with Gasteiger partial charge in [-0.3, -0.25) is 10.1 Å². The normalized spacial score (nSPS) is 11.6. The van der Waals surface area contributed by atoms with E-state index in [0.29, 0.717) is 11.3 Å². The highest BCUT2D eigenvalue weighted by molar-refractivity contribution is 6.31. The van der Waals surface area contributed by atoms with E-state index in [1.54, 1.807) is 19.2 Å². The molecule has 0 aliphatic carbocycles. The molecule has 0 saturated heterocycles. The van der Waals surface area contributed by atoms with Crippen molar-refractivity contribution >= 4 is 29.4 Å². The molecule has 0 aliphatic heterocycles. The number of nitrogens with one attached hydrogen (secondary N) is 1. The number of benzene rings is 2. The third-order valence-electron chi connectivity index (χ3n) is 5.06. The van der Waals surface area contributed by atoms with Crippen molar-refractivity contribution in [2.75, 3.05) is 25.5 Å². The summed E-state index contributed by atoms with van der Waals surface area (Å²) in [6.07, 6.45) is -0.383. The lowest BCUT2D eigenvalue weighted by atomic mass is 10.1. The van der Waals surface area contributed by atoms with Crippen molar-refractivity contribution in [1.82, 2.24) is 10.1 Å². The molecule has 3 N–H and O–H groups in total. The van der Waals surface area contributed by atoms with Crippen molar-refractivity contribution < 1.29 is 23.2 Å². The van der Waals surface area contributed by atoms with Gasteiger partial charge < -0.3 is 19.9 Å². The highest BCUT2D eigenvalue weighted by atomic mass is 35.5. The van der Waals surface area contributed by atoms with Gasteiger partial charge in [0.2, 0.25) is 5.91 Å². The van der Waals surface area contributed by atoms with Gasteiger partial charge in [-0.2, -0.15) is 0 Å². The summed E-state index contributed by atoms with van der Waals surface area (Å²) in [5.41, 5.74) is 7.12. The number of aryl methyl sites for hydroxylation is 1. The van der Waals surface area contributed by atoms with Crippen LogP contribution in [0.25, 0.3) is 11.3 Å². The van der Waals surface area contributed by atoms with Crippen molar-refractivity contribution in [3.8, 4) is 11.3 Å². The fraction of sp³-hybridized carbons (Fsp3) is 0.261. The van der Waals surface area contributed by atoms with E-state index in [9.17, 15) is 14.0 Å². The van der Waals surface area contributed by atoms with Crippen LogP contribution in [-0.2, 0) is 16.0 Å². The molecule has 0 radical (unpaired) electrons. The standard InChI is InChI=1S/C23H24ClFN4O4/c1-29(21(30)11-10-16-8-5-9-18(25)22(16)24)17(13-26)14-32-23(31)27-20-12-19(33-28-20)15-6-3-2-4-7-15/h2-9,12,17H,10-11,13-14,26H2,1H3,(H,27,28,31)/t17-/m0/s1. The number of aromatic nitrogens is 1. The van der Waals surface area contributed by atoms with Gasteiger partial charge in [0.15, 0.2) is 11.6 Å². The molecule has 33 heavy (non-hydrogen) atoms. The molecule has 0 aliphatic rings. The van der Waals surface area contributed by atoms with E-state index in [1.165, 1.54) is 17.0 Å². The summed E-state index contributed by atoms with van der Waals surface area (Å²) < 4.78 is 24.0. The number of nitrogens with zero attached hydrogens (tertiary/aromatic N) is 2. The van der Waals surface area contributed by atoms with Gasteiger partial charge >= 0.3 is 6.09 Å². The number of likely N-dealkylation sites (N-methyl/N-ethyl adjacent to an activating group) is 1. The molecule has 1 aromatic heterocycles. The molecular formula is C23H24ClFN4O4. The molecule has 1 heterocycles. The summed E-state index contributed by atoms with van der Waals surface area (Å²) in [5.74, 6) is -0.0787. The van der Waals surface area contributed by atoms with E-state index < -0.39 is 18.0 Å². The SMILES string of the molecule is CN(C(=O)CCc1cccc(F)c1Cl)[C@@H](CN)COC(=O)Nc1cc(-c2ccccc2)on1. The average Bonchev–Trinajstić information content (AvgIpc) is 3.29. The minimum Gasteiger partial charge on any atom is -0.447 e. The van der Waals surface area contributed by atoms with Crippen LogP contribution in [0.1, 0.15) is 12.0 Å². The molecule has 0 saturated carbocycles. The van der Waals surface area contributed by atoms with Gasteiger partial charge in [0.25, 0.3) is 0 Å². The molecule has 0 unspecified atom stereocenters. The Balaban J connectivity index is 1.48. The fourth-order valence-electron chi connectivity index (χ4n) is 3.09. The van der Waals surface area contributed by atoms with Crippen LogP contribution in [0.2, 0.25) is 5.02 Å². The van der Waals surface area contributed by atoms with E-state index >= 15 is 0 Å². The third-order valence-corrected chi connectivity index (χ3v) is 5.48. The van der Waals surface area contributed by atoms with Crippen LogP contribution in [-0.4, -0.2) is 48.3 Å². The Kier molecular flexibility index (Phi) is 8.39. The molecule has 8 nitrogen and oxygen atoms in total. The van der Waals surface area contributed by atoms with Crippen LogP contribution < -0.4 is 11.1 Å². The van der Waals surface area contributed by atoms with Gasteiger partial charge in [0, 0.05) is 31.6 Å². The van der Waals surface area contributed by atoms with Crippen LogP contribution in [0.5, 0.6) is 0 Å². The first kappa shape index (κ1) is 24.2. The highest BCUT2D eigenvalue weighted by Gasteiger charge is 2.21. The van der Waals surface area contributed by atoms with Crippen molar-refractivity contribution in [3.05, 3.63) is 71.0 Å². The predicted molar refractivity (Wildman–Crippen MR) is 122 cm³/mol. The number of halogens is 2. The maximum absolute atomic E-state index is 13.6. The number of hydrogen-bond donors (Lipinski definition) is 2. The maximum atomic E-state index is 13.6. The van der Waals surface area contributed by atoms with E-state index in [1.807, 2.05) is 30.3 Å². The first-order valence-corrected chi connectivity index (χ1v) is 10.6. The number of anilines is 1. The van der Waals surface area contributed by atoms with E-state index in [4.69, 9.17) is 26.6 Å². The van der Waals surface area contributed by atoms with E-state index in [-0.39, 0.29) is 42.7 Å². The second-order valence-electron chi connectivity index (χ2n) is 7.27. The lowest BCUT2D eigenvalue weighted by Gasteiger charge is -2.26. The minimum atomic E-state index is -0.756. The van der Waals surface area contributed by atoms with Gasteiger partial charge in [-0.15, -0.1) is 0 Å². The molecule has 1 atom stereocenters. The molecule has 0 bridgehead atoms. The number of amides is 2. The highest BCUT2D eigenvalue weighted by Crippen LogP contribution is 2.22. The number of carbonyl (C=O) groups is 2. The summed E-state index contributed by atoms with van der Waals surface area (Å²) in [4.78, 5) is 26.1. The van der Waals surface area contributed by atoms with Gasteiger partial charge in [-0.05, 0) is 18.1 Å². The Morgan fingerprint density at radius 3 is 2.73 bits per heavy atom. The van der Waals surface area contributed by atoms with E-state index in [2.05, 4.69) is 10.5 Å². The Labute approximate surface area is 195 Å². The molecule has 3 aromatic rings. The van der Waals surface area contributed by atoms with Crippen LogP contribution in [0, 0.1) is 5.82 Å². The quantitative estimate of drug-likeness (QED) is 0.483. The summed E-state index contributed by atoms with van der Waals surface area (Å²) in [6, 6.07) is 14.8. The Bertz CT molecular complexity index is 1090. The van der Waals surface area contributed by atoms with Gasteiger partial charge in [-0.1, -0.05) is 59.2 Å². The molecular weight excluding hydrogens is 451 g/mol. The number of rotatable bonds is 9. The smallest absolute Gasteiger partial charge is 0.412 e. The second-order valence-corrected chi connectivity index (χ2v) is 7.65. The van der Waals surface area contributed by atoms with Crippen molar-refractivity contribution in [2.45, 2.75) is 18.9 Å². The number of ether oxygens (including phenoxy) is 1. The number of hydrogen-bond acceptors (Lipinski definition) is 6. The zero-order chi connectivity index (χ0) is 23.8. The third kappa shape index (κ3) is 6.53. The molecule has 174 valence electrons. The van der Waals surface area contributed by atoms with Gasteiger partial charge in [-0.25, -0.2) is 9.18 Å². The largest absolute Gasteiger partial charge is 0.447 e. The minimum absolute atomic E-state index is 0.00612. The van der Waals surface area contributed by atoms with Gasteiger partial charge in [0.1, 0.15) is 12.4 Å². The van der Waals surface area contributed by atoms with E-state index in [0.717, 1.165) is 5.56 Å². The van der Waals surface area contributed by atoms with Gasteiger partial charge in [0.05, 0.1) is 11.1 Å². The van der Waals surface area contributed by atoms with Crippen molar-refractivity contribution in [1.29, 1.82) is 0 Å². The molecule has 0 spiro atoms. The summed E-state index contributed by atoms with van der Waals surface area (Å²) >= 11 is 5.94. The fourth-order valence-corrected chi connectivity index (χ4v) is 3.31. The summed E-state index contributed by atoms with van der Waals surface area (Å²) in [5, 5.41) is 6.28. The van der Waals surface area contributed by atoms with Crippen molar-refractivity contribution in [3.63, 3.8) is 0 Å². The maximum Gasteiger partial charge on any atom is 0.412 e.